The summed E-state index contributed by atoms with van der Waals surface area (Å²) in [6.45, 7) is 2.17. The van der Waals surface area contributed by atoms with E-state index in [1.54, 1.807) is 7.11 Å². The van der Waals surface area contributed by atoms with Crippen LogP contribution in [0.25, 0.3) is 0 Å². The lowest BCUT2D eigenvalue weighted by atomic mass is 9.80. The molecule has 0 radical (unpaired) electrons. The number of hydrogen-bond acceptors (Lipinski definition) is 2. The molecular weight excluding hydrogens is 264 g/mol. The van der Waals surface area contributed by atoms with E-state index in [-0.39, 0.29) is 12.3 Å². The highest BCUT2D eigenvalue weighted by Crippen LogP contribution is 2.49. The molecule has 0 aromatic heterocycles. The molecule has 1 N–H and O–H groups in total. The zero-order valence-corrected chi connectivity index (χ0v) is 12.9. The lowest BCUT2D eigenvalue weighted by molar-refractivity contribution is -0.137. The summed E-state index contributed by atoms with van der Waals surface area (Å²) in [6.07, 6.45) is 7.26. The molecule has 2 aliphatic carbocycles. The van der Waals surface area contributed by atoms with Gasteiger partial charge in [-0.3, -0.25) is 4.79 Å². The van der Waals surface area contributed by atoms with E-state index >= 15 is 0 Å². The Morgan fingerprint density at radius 1 is 1.38 bits per heavy atom. The molecule has 1 fully saturated rings. The maximum absolute atomic E-state index is 11.3. The first-order chi connectivity index (χ1) is 10.1. The Morgan fingerprint density at radius 3 is 2.71 bits per heavy atom. The van der Waals surface area contributed by atoms with E-state index in [0.717, 1.165) is 31.4 Å². The third-order valence-corrected chi connectivity index (χ3v) is 5.11. The molecule has 21 heavy (non-hydrogen) atoms. The summed E-state index contributed by atoms with van der Waals surface area (Å²) in [5.41, 5.74) is 5.32. The molecule has 3 nitrogen and oxygen atoms in total. The predicted octanol–water partition coefficient (Wildman–Crippen LogP) is 3.85. The molecule has 0 bridgehead atoms. The van der Waals surface area contributed by atoms with Crippen molar-refractivity contribution >= 4 is 5.97 Å². The summed E-state index contributed by atoms with van der Waals surface area (Å²) in [4.78, 5) is 11.3. The number of carboxylic acids is 1. The van der Waals surface area contributed by atoms with E-state index in [9.17, 15) is 9.90 Å². The fourth-order valence-corrected chi connectivity index (χ4v) is 3.92. The van der Waals surface area contributed by atoms with Crippen molar-refractivity contribution in [2.75, 3.05) is 7.11 Å². The van der Waals surface area contributed by atoms with Crippen molar-refractivity contribution < 1.29 is 14.6 Å². The van der Waals surface area contributed by atoms with Gasteiger partial charge in [-0.1, -0.05) is 0 Å². The molecule has 3 heteroatoms. The zero-order valence-electron chi connectivity index (χ0n) is 12.9. The maximum atomic E-state index is 11.3. The van der Waals surface area contributed by atoms with Crippen molar-refractivity contribution in [3.63, 3.8) is 0 Å². The van der Waals surface area contributed by atoms with E-state index in [0.29, 0.717) is 5.92 Å². The molecule has 114 valence electrons. The molecular formula is C18H24O3. The highest BCUT2D eigenvalue weighted by atomic mass is 16.5. The summed E-state index contributed by atoms with van der Waals surface area (Å²) in [7, 11) is 1.71. The van der Waals surface area contributed by atoms with Gasteiger partial charge in [0.1, 0.15) is 5.75 Å². The second kappa shape index (κ2) is 5.70. The van der Waals surface area contributed by atoms with Crippen LogP contribution in [0.2, 0.25) is 0 Å². The average molecular weight is 288 g/mol. The Bertz CT molecular complexity index is 558. The molecule has 0 aliphatic heterocycles. The minimum absolute atomic E-state index is 0.115. The molecule has 0 spiro atoms. The smallest absolute Gasteiger partial charge is 0.303 e. The standard InChI is InChI=1S/C18H24O3/c1-11-14-6-4-3-5-13(14)9-16(21-2)18(11)15(10-17(19)20)12-7-8-12/h9,12,15H,3-8,10H2,1-2H3,(H,19,20). The lowest BCUT2D eigenvalue weighted by Gasteiger charge is -2.27. The highest BCUT2D eigenvalue weighted by molar-refractivity contribution is 5.69. The molecule has 1 saturated carbocycles. The first-order valence-electron chi connectivity index (χ1n) is 8.02. The van der Waals surface area contributed by atoms with E-state index < -0.39 is 5.97 Å². The van der Waals surface area contributed by atoms with Gasteiger partial charge in [0, 0.05) is 11.5 Å². The number of carbonyl (C=O) groups is 1. The molecule has 0 heterocycles. The number of hydrogen-bond donors (Lipinski definition) is 1. The number of aryl methyl sites for hydroxylation is 1. The fourth-order valence-electron chi connectivity index (χ4n) is 3.92. The van der Waals surface area contributed by atoms with Gasteiger partial charge in [-0.2, -0.15) is 0 Å². The van der Waals surface area contributed by atoms with Crippen LogP contribution < -0.4 is 4.74 Å². The monoisotopic (exact) mass is 288 g/mol. The number of rotatable bonds is 5. The van der Waals surface area contributed by atoms with Crippen LogP contribution in [-0.4, -0.2) is 18.2 Å². The van der Waals surface area contributed by atoms with Gasteiger partial charge in [0.15, 0.2) is 0 Å². The highest BCUT2D eigenvalue weighted by Gasteiger charge is 2.37. The topological polar surface area (TPSA) is 46.5 Å². The number of benzene rings is 1. The first kappa shape index (κ1) is 14.4. The Labute approximate surface area is 126 Å². The normalized spacial score (nSPS) is 19.0. The molecule has 1 unspecified atom stereocenters. The molecule has 1 aromatic carbocycles. The van der Waals surface area contributed by atoms with Gasteiger partial charge >= 0.3 is 5.97 Å². The second-order valence-corrected chi connectivity index (χ2v) is 6.50. The maximum Gasteiger partial charge on any atom is 0.303 e. The van der Waals surface area contributed by atoms with E-state index in [1.165, 1.54) is 35.1 Å². The fraction of sp³-hybridized carbons (Fsp3) is 0.611. The largest absolute Gasteiger partial charge is 0.496 e. The first-order valence-corrected chi connectivity index (χ1v) is 8.02. The van der Waals surface area contributed by atoms with Crippen molar-refractivity contribution in [1.82, 2.24) is 0 Å². The van der Waals surface area contributed by atoms with Crippen LogP contribution >= 0.6 is 0 Å². The quantitative estimate of drug-likeness (QED) is 0.895. The summed E-state index contributed by atoms with van der Waals surface area (Å²) < 4.78 is 5.64. The predicted molar refractivity (Wildman–Crippen MR) is 82.1 cm³/mol. The zero-order chi connectivity index (χ0) is 15.0. The minimum Gasteiger partial charge on any atom is -0.496 e. The molecule has 3 rings (SSSR count). The third-order valence-electron chi connectivity index (χ3n) is 5.11. The van der Waals surface area contributed by atoms with Crippen molar-refractivity contribution in [2.24, 2.45) is 5.92 Å². The van der Waals surface area contributed by atoms with E-state index in [2.05, 4.69) is 13.0 Å². The average Bonchev–Trinajstić information content (AvgIpc) is 3.29. The Balaban J connectivity index is 2.08. The van der Waals surface area contributed by atoms with Crippen LogP contribution in [0.3, 0.4) is 0 Å². The van der Waals surface area contributed by atoms with Gasteiger partial charge in [-0.05, 0) is 74.1 Å². The van der Waals surface area contributed by atoms with Crippen LogP contribution in [0.4, 0.5) is 0 Å². The van der Waals surface area contributed by atoms with Crippen molar-refractivity contribution in [1.29, 1.82) is 0 Å². The van der Waals surface area contributed by atoms with Crippen LogP contribution in [0.5, 0.6) is 5.75 Å². The second-order valence-electron chi connectivity index (χ2n) is 6.50. The third kappa shape index (κ3) is 2.78. The van der Waals surface area contributed by atoms with Gasteiger partial charge in [0.2, 0.25) is 0 Å². The summed E-state index contributed by atoms with van der Waals surface area (Å²) >= 11 is 0. The summed E-state index contributed by atoms with van der Waals surface area (Å²) in [6, 6.07) is 2.17. The molecule has 0 amide bonds. The molecule has 1 aromatic rings. The van der Waals surface area contributed by atoms with Gasteiger partial charge in [-0.25, -0.2) is 0 Å². The number of methoxy groups -OCH3 is 1. The van der Waals surface area contributed by atoms with Gasteiger partial charge < -0.3 is 9.84 Å². The SMILES string of the molecule is COc1cc2c(c(C)c1C(CC(=O)O)C1CC1)CCCC2. The van der Waals surface area contributed by atoms with Crippen LogP contribution in [0.15, 0.2) is 6.07 Å². The van der Waals surface area contributed by atoms with Gasteiger partial charge in [0.05, 0.1) is 13.5 Å². The van der Waals surface area contributed by atoms with E-state index in [1.807, 2.05) is 0 Å². The van der Waals surface area contributed by atoms with Crippen molar-refractivity contribution in [3.8, 4) is 5.75 Å². The van der Waals surface area contributed by atoms with Crippen molar-refractivity contribution in [2.45, 2.75) is 57.8 Å². The number of carboxylic acid groups (broad SMARTS) is 1. The Kier molecular flexibility index (Phi) is 3.92. The minimum atomic E-state index is -0.703. The van der Waals surface area contributed by atoms with Crippen LogP contribution in [-0.2, 0) is 17.6 Å². The number of aliphatic carboxylic acids is 1. The van der Waals surface area contributed by atoms with E-state index in [4.69, 9.17) is 4.74 Å². The lowest BCUT2D eigenvalue weighted by Crippen LogP contribution is -2.15. The summed E-state index contributed by atoms with van der Waals surface area (Å²) in [5, 5.41) is 9.27. The molecule has 0 saturated heterocycles. The summed E-state index contributed by atoms with van der Waals surface area (Å²) in [5.74, 6) is 0.845. The van der Waals surface area contributed by atoms with Gasteiger partial charge in [-0.15, -0.1) is 0 Å². The molecule has 1 atom stereocenters. The number of fused-ring (bicyclic) bond motifs is 1. The Hall–Kier alpha value is -1.51. The molecule has 2 aliphatic rings. The van der Waals surface area contributed by atoms with Gasteiger partial charge in [0.25, 0.3) is 0 Å². The Morgan fingerprint density at radius 2 is 2.10 bits per heavy atom. The number of ether oxygens (including phenoxy) is 1. The van der Waals surface area contributed by atoms with Crippen LogP contribution in [0.1, 0.15) is 60.3 Å². The van der Waals surface area contributed by atoms with Crippen molar-refractivity contribution in [3.05, 3.63) is 28.3 Å². The van der Waals surface area contributed by atoms with Crippen LogP contribution in [0, 0.1) is 12.8 Å².